The first kappa shape index (κ1) is 19.9. The number of aromatic nitrogens is 2. The Morgan fingerprint density at radius 1 is 1.16 bits per heavy atom. The first-order valence-electron chi connectivity index (χ1n) is 10.6. The molecule has 0 radical (unpaired) electrons. The fourth-order valence-electron chi connectivity index (χ4n) is 4.23. The topological polar surface area (TPSA) is 103 Å². The zero-order valence-electron chi connectivity index (χ0n) is 17.6. The molecule has 5 rings (SSSR count). The maximum absolute atomic E-state index is 9.47. The number of benzene rings is 2. The van der Waals surface area contributed by atoms with Crippen molar-refractivity contribution in [1.29, 1.82) is 5.26 Å². The van der Waals surface area contributed by atoms with Crippen molar-refractivity contribution >= 4 is 22.4 Å². The molecular formula is C25H24N6O. The molecule has 2 aromatic carbocycles. The van der Waals surface area contributed by atoms with Crippen molar-refractivity contribution < 1.29 is 4.74 Å². The van der Waals surface area contributed by atoms with Crippen LogP contribution in [0.2, 0.25) is 0 Å². The van der Waals surface area contributed by atoms with Gasteiger partial charge in [0.05, 0.1) is 27.9 Å². The second-order valence-electron chi connectivity index (χ2n) is 8.17. The Morgan fingerprint density at radius 3 is 2.81 bits per heavy atom. The van der Waals surface area contributed by atoms with Gasteiger partial charge in [0, 0.05) is 32.0 Å². The van der Waals surface area contributed by atoms with Gasteiger partial charge >= 0.3 is 0 Å². The summed E-state index contributed by atoms with van der Waals surface area (Å²) in [7, 11) is 0. The molecule has 1 aliphatic heterocycles. The number of nitrogens with one attached hydrogen (secondary N) is 2. The monoisotopic (exact) mass is 424 g/mol. The van der Waals surface area contributed by atoms with Crippen LogP contribution in [0.25, 0.3) is 11.0 Å². The average molecular weight is 425 g/mol. The molecule has 1 saturated heterocycles. The van der Waals surface area contributed by atoms with Crippen molar-refractivity contribution in [2.75, 3.05) is 29.9 Å². The van der Waals surface area contributed by atoms with Crippen LogP contribution in [0.1, 0.15) is 12.0 Å². The van der Waals surface area contributed by atoms with Gasteiger partial charge < -0.3 is 25.7 Å². The zero-order chi connectivity index (χ0) is 22.0. The molecule has 0 spiro atoms. The Bertz CT molecular complexity index is 1280. The normalized spacial score (nSPS) is 17.9. The number of anilines is 2. The highest BCUT2D eigenvalue weighted by Crippen LogP contribution is 2.34. The third-order valence-corrected chi connectivity index (χ3v) is 5.89. The number of pyridine rings is 1. The molecule has 160 valence electrons. The van der Waals surface area contributed by atoms with E-state index in [1.807, 2.05) is 60.7 Å². The van der Waals surface area contributed by atoms with Gasteiger partial charge in [-0.25, -0.2) is 4.98 Å². The van der Waals surface area contributed by atoms with Crippen LogP contribution in [-0.2, 0) is 0 Å². The van der Waals surface area contributed by atoms with E-state index in [2.05, 4.69) is 26.3 Å². The molecule has 1 aliphatic rings. The Hall–Kier alpha value is -4.02. The van der Waals surface area contributed by atoms with Gasteiger partial charge in [0.25, 0.3) is 0 Å². The summed E-state index contributed by atoms with van der Waals surface area (Å²) >= 11 is 0. The van der Waals surface area contributed by atoms with Gasteiger partial charge in [-0.15, -0.1) is 0 Å². The van der Waals surface area contributed by atoms with Crippen molar-refractivity contribution in [2.24, 2.45) is 5.73 Å². The van der Waals surface area contributed by atoms with Crippen molar-refractivity contribution in [3.05, 3.63) is 78.6 Å². The number of hydrogen-bond donors (Lipinski definition) is 3. The fourth-order valence-corrected chi connectivity index (χ4v) is 4.23. The van der Waals surface area contributed by atoms with Crippen LogP contribution in [0.4, 0.5) is 11.4 Å². The average Bonchev–Trinajstić information content (AvgIpc) is 3.43. The molecule has 1 unspecified atom stereocenters. The SMILES string of the molecule is N#Cc1c[nH]c2nccc(N3CCC(N)(CNc4ccccc4Oc4ccccc4)C3)c12. The summed E-state index contributed by atoms with van der Waals surface area (Å²) in [6.07, 6.45) is 4.30. The smallest absolute Gasteiger partial charge is 0.150 e. The molecule has 3 heterocycles. The Kier molecular flexibility index (Phi) is 5.13. The minimum absolute atomic E-state index is 0.418. The van der Waals surface area contributed by atoms with E-state index < -0.39 is 5.54 Å². The summed E-state index contributed by atoms with van der Waals surface area (Å²) < 4.78 is 6.06. The van der Waals surface area contributed by atoms with Crippen LogP contribution in [-0.4, -0.2) is 35.1 Å². The zero-order valence-corrected chi connectivity index (χ0v) is 17.6. The van der Waals surface area contributed by atoms with Crippen molar-refractivity contribution in [2.45, 2.75) is 12.0 Å². The minimum Gasteiger partial charge on any atom is -0.455 e. The van der Waals surface area contributed by atoms with E-state index in [-0.39, 0.29) is 0 Å². The van der Waals surface area contributed by atoms with Gasteiger partial charge in [-0.1, -0.05) is 30.3 Å². The lowest BCUT2D eigenvalue weighted by Crippen LogP contribution is -2.48. The molecule has 1 atom stereocenters. The number of rotatable bonds is 6. The van der Waals surface area contributed by atoms with Crippen LogP contribution in [0.3, 0.4) is 0 Å². The summed E-state index contributed by atoms with van der Waals surface area (Å²) in [5.41, 5.74) is 9.60. The third kappa shape index (κ3) is 3.84. The van der Waals surface area contributed by atoms with Gasteiger partial charge in [0.2, 0.25) is 0 Å². The maximum Gasteiger partial charge on any atom is 0.150 e. The molecular weight excluding hydrogens is 400 g/mol. The quantitative estimate of drug-likeness (QED) is 0.428. The molecule has 4 N–H and O–H groups in total. The first-order chi connectivity index (χ1) is 15.6. The number of ether oxygens (including phenoxy) is 1. The van der Waals surface area contributed by atoms with Gasteiger partial charge in [-0.2, -0.15) is 5.26 Å². The van der Waals surface area contributed by atoms with E-state index in [0.29, 0.717) is 18.7 Å². The lowest BCUT2D eigenvalue weighted by molar-refractivity contribution is 0.478. The predicted octanol–water partition coefficient (Wildman–Crippen LogP) is 4.25. The lowest BCUT2D eigenvalue weighted by atomic mass is 10.00. The Balaban J connectivity index is 1.31. The van der Waals surface area contributed by atoms with Crippen LogP contribution < -0.4 is 20.7 Å². The maximum atomic E-state index is 9.47. The molecule has 0 bridgehead atoms. The van der Waals surface area contributed by atoms with Crippen molar-refractivity contribution in [1.82, 2.24) is 9.97 Å². The fraction of sp³-hybridized carbons (Fsp3) is 0.200. The van der Waals surface area contributed by atoms with E-state index in [9.17, 15) is 5.26 Å². The van der Waals surface area contributed by atoms with Gasteiger partial charge in [-0.05, 0) is 36.8 Å². The van der Waals surface area contributed by atoms with Gasteiger partial charge in [-0.3, -0.25) is 0 Å². The number of nitrogens with two attached hydrogens (primary N) is 1. The summed E-state index contributed by atoms with van der Waals surface area (Å²) in [5.74, 6) is 1.55. The Morgan fingerprint density at radius 2 is 1.97 bits per heavy atom. The van der Waals surface area contributed by atoms with Crippen LogP contribution in [0.15, 0.2) is 73.1 Å². The van der Waals surface area contributed by atoms with E-state index >= 15 is 0 Å². The van der Waals surface area contributed by atoms with Crippen LogP contribution >= 0.6 is 0 Å². The van der Waals surface area contributed by atoms with Gasteiger partial charge in [0.1, 0.15) is 17.5 Å². The van der Waals surface area contributed by atoms with Gasteiger partial charge in [0.15, 0.2) is 5.75 Å². The number of nitrogens with zero attached hydrogens (tertiary/aromatic N) is 3. The first-order valence-corrected chi connectivity index (χ1v) is 10.6. The molecule has 2 aromatic heterocycles. The molecule has 0 saturated carbocycles. The van der Waals surface area contributed by atoms with E-state index in [1.54, 1.807) is 12.4 Å². The molecule has 0 aliphatic carbocycles. The minimum atomic E-state index is -0.418. The molecule has 7 nitrogen and oxygen atoms in total. The standard InChI is InChI=1S/C25H24N6O/c26-14-18-15-29-24-23(18)21(10-12-28-24)31-13-11-25(27,17-31)16-30-20-8-4-5-9-22(20)32-19-6-2-1-3-7-19/h1-10,12,15,30H,11,13,16-17,27H2,(H,28,29). The molecule has 4 aromatic rings. The second-order valence-corrected chi connectivity index (χ2v) is 8.17. The van der Waals surface area contributed by atoms with Crippen LogP contribution in [0.5, 0.6) is 11.5 Å². The second kappa shape index (κ2) is 8.25. The third-order valence-electron chi connectivity index (χ3n) is 5.89. The van der Waals surface area contributed by atoms with E-state index in [1.165, 1.54) is 0 Å². The largest absolute Gasteiger partial charge is 0.455 e. The summed E-state index contributed by atoms with van der Waals surface area (Å²) in [4.78, 5) is 9.67. The summed E-state index contributed by atoms with van der Waals surface area (Å²) in [5, 5.41) is 13.8. The summed E-state index contributed by atoms with van der Waals surface area (Å²) in [6.45, 7) is 2.09. The number of hydrogen-bond acceptors (Lipinski definition) is 6. The summed E-state index contributed by atoms with van der Waals surface area (Å²) in [6, 6.07) is 21.8. The number of nitriles is 1. The molecule has 1 fully saturated rings. The van der Waals surface area contributed by atoms with Crippen LogP contribution in [0, 0.1) is 11.3 Å². The molecule has 7 heteroatoms. The predicted molar refractivity (Wildman–Crippen MR) is 126 cm³/mol. The lowest BCUT2D eigenvalue weighted by Gasteiger charge is -2.27. The molecule has 32 heavy (non-hydrogen) atoms. The number of fused-ring (bicyclic) bond motifs is 1. The Labute approximate surface area is 186 Å². The number of H-pyrrole nitrogens is 1. The van der Waals surface area contributed by atoms with E-state index in [0.717, 1.165) is 46.9 Å². The number of aromatic amines is 1. The highest BCUT2D eigenvalue weighted by atomic mass is 16.5. The van der Waals surface area contributed by atoms with Crippen molar-refractivity contribution in [3.63, 3.8) is 0 Å². The highest BCUT2D eigenvalue weighted by Gasteiger charge is 2.35. The number of para-hydroxylation sites is 3. The van der Waals surface area contributed by atoms with Crippen molar-refractivity contribution in [3.8, 4) is 17.6 Å². The van der Waals surface area contributed by atoms with E-state index in [4.69, 9.17) is 10.5 Å². The molecule has 0 amide bonds. The highest BCUT2D eigenvalue weighted by molar-refractivity contribution is 5.95.